The maximum absolute atomic E-state index is 5.88. The summed E-state index contributed by atoms with van der Waals surface area (Å²) in [5.74, 6) is 2.48. The Morgan fingerprint density at radius 2 is 2.19 bits per heavy atom. The molecule has 2 aliphatic carbocycles. The van der Waals surface area contributed by atoms with Crippen molar-refractivity contribution >= 4 is 23.1 Å². The molecule has 0 radical (unpaired) electrons. The SMILES string of the molecule is Nc1ccc(Cl)nc1NC1CC2CCC1C2. The highest BCUT2D eigenvalue weighted by atomic mass is 35.5. The molecule has 0 aromatic carbocycles. The van der Waals surface area contributed by atoms with Crippen LogP contribution in [0.5, 0.6) is 0 Å². The number of nitrogens with zero attached hydrogens (tertiary/aromatic N) is 1. The van der Waals surface area contributed by atoms with Crippen molar-refractivity contribution in [3.05, 3.63) is 17.3 Å². The Kier molecular flexibility index (Phi) is 2.43. The Labute approximate surface area is 100 Å². The number of nitrogen functional groups attached to an aromatic ring is 1. The molecule has 0 saturated heterocycles. The van der Waals surface area contributed by atoms with E-state index >= 15 is 0 Å². The van der Waals surface area contributed by atoms with E-state index in [1.54, 1.807) is 6.07 Å². The van der Waals surface area contributed by atoms with Gasteiger partial charge in [-0.15, -0.1) is 0 Å². The quantitative estimate of drug-likeness (QED) is 0.778. The molecule has 3 rings (SSSR count). The third-order valence-electron chi connectivity index (χ3n) is 3.95. The fourth-order valence-corrected chi connectivity index (χ4v) is 3.31. The van der Waals surface area contributed by atoms with Crippen LogP contribution in [0, 0.1) is 11.8 Å². The first-order valence-corrected chi connectivity index (χ1v) is 6.29. The molecule has 3 atom stereocenters. The maximum Gasteiger partial charge on any atom is 0.151 e. The van der Waals surface area contributed by atoms with Gasteiger partial charge in [-0.25, -0.2) is 4.98 Å². The van der Waals surface area contributed by atoms with Crippen LogP contribution in [-0.4, -0.2) is 11.0 Å². The molecule has 4 heteroatoms. The number of halogens is 1. The minimum atomic E-state index is 0.500. The number of pyridine rings is 1. The standard InChI is InChI=1S/C12H16ClN3/c13-11-4-3-9(14)12(16-11)15-10-6-7-1-2-8(10)5-7/h3-4,7-8,10H,1-2,5-6,14H2,(H,15,16). The second kappa shape index (κ2) is 3.81. The molecular weight excluding hydrogens is 222 g/mol. The topological polar surface area (TPSA) is 50.9 Å². The van der Waals surface area contributed by atoms with Gasteiger partial charge in [-0.2, -0.15) is 0 Å². The van der Waals surface area contributed by atoms with Gasteiger partial charge in [-0.05, 0) is 43.2 Å². The summed E-state index contributed by atoms with van der Waals surface area (Å²) in [4.78, 5) is 4.25. The van der Waals surface area contributed by atoms with Gasteiger partial charge in [0.05, 0.1) is 5.69 Å². The van der Waals surface area contributed by atoms with Crippen LogP contribution in [0.25, 0.3) is 0 Å². The summed E-state index contributed by atoms with van der Waals surface area (Å²) in [7, 11) is 0. The lowest BCUT2D eigenvalue weighted by molar-refractivity contribution is 0.439. The molecule has 3 N–H and O–H groups in total. The van der Waals surface area contributed by atoms with E-state index in [4.69, 9.17) is 17.3 Å². The summed E-state index contributed by atoms with van der Waals surface area (Å²) >= 11 is 5.87. The molecule has 3 unspecified atom stereocenters. The minimum absolute atomic E-state index is 0.500. The molecule has 0 amide bonds. The van der Waals surface area contributed by atoms with Gasteiger partial charge in [0.1, 0.15) is 5.15 Å². The smallest absolute Gasteiger partial charge is 0.151 e. The molecule has 86 valence electrons. The second-order valence-corrected chi connectivity index (χ2v) is 5.38. The van der Waals surface area contributed by atoms with Gasteiger partial charge in [0, 0.05) is 6.04 Å². The average Bonchev–Trinajstić information content (AvgIpc) is 2.85. The van der Waals surface area contributed by atoms with Crippen LogP contribution in [0.4, 0.5) is 11.5 Å². The maximum atomic E-state index is 5.88. The van der Waals surface area contributed by atoms with Crippen molar-refractivity contribution in [1.29, 1.82) is 0 Å². The number of rotatable bonds is 2. The lowest BCUT2D eigenvalue weighted by atomic mass is 9.95. The zero-order valence-electron chi connectivity index (χ0n) is 9.12. The minimum Gasteiger partial charge on any atom is -0.396 e. The van der Waals surface area contributed by atoms with Crippen LogP contribution >= 0.6 is 11.6 Å². The average molecular weight is 238 g/mol. The highest BCUT2D eigenvalue weighted by Gasteiger charge is 2.39. The number of aromatic nitrogens is 1. The molecule has 1 heterocycles. The van der Waals surface area contributed by atoms with Crippen LogP contribution in [0.15, 0.2) is 12.1 Å². The Morgan fingerprint density at radius 3 is 2.88 bits per heavy atom. The largest absolute Gasteiger partial charge is 0.396 e. The van der Waals surface area contributed by atoms with Crippen molar-refractivity contribution < 1.29 is 0 Å². The molecule has 1 aromatic rings. The third kappa shape index (κ3) is 1.73. The molecule has 2 saturated carbocycles. The third-order valence-corrected chi connectivity index (χ3v) is 4.16. The van der Waals surface area contributed by atoms with Gasteiger partial charge in [-0.3, -0.25) is 0 Å². The molecule has 1 aromatic heterocycles. The molecule has 3 nitrogen and oxygen atoms in total. The number of fused-ring (bicyclic) bond motifs is 2. The summed E-state index contributed by atoms with van der Waals surface area (Å²) in [6, 6.07) is 4.08. The number of hydrogen-bond acceptors (Lipinski definition) is 3. The predicted molar refractivity (Wildman–Crippen MR) is 66.5 cm³/mol. The van der Waals surface area contributed by atoms with Crippen molar-refractivity contribution in [2.75, 3.05) is 11.1 Å². The summed E-state index contributed by atoms with van der Waals surface area (Å²) in [6.45, 7) is 0. The highest BCUT2D eigenvalue weighted by Crippen LogP contribution is 2.45. The molecule has 0 aliphatic heterocycles. The first-order chi connectivity index (χ1) is 7.72. The van der Waals surface area contributed by atoms with E-state index < -0.39 is 0 Å². The van der Waals surface area contributed by atoms with Crippen molar-refractivity contribution in [3.63, 3.8) is 0 Å². The van der Waals surface area contributed by atoms with Crippen LogP contribution < -0.4 is 11.1 Å². The van der Waals surface area contributed by atoms with Gasteiger partial charge in [0.2, 0.25) is 0 Å². The molecule has 16 heavy (non-hydrogen) atoms. The lowest BCUT2D eigenvalue weighted by Crippen LogP contribution is -2.26. The van der Waals surface area contributed by atoms with Crippen molar-refractivity contribution in [1.82, 2.24) is 4.98 Å². The number of hydrogen-bond donors (Lipinski definition) is 2. The Morgan fingerprint density at radius 1 is 1.31 bits per heavy atom. The number of nitrogens with one attached hydrogen (secondary N) is 1. The molecule has 0 spiro atoms. The summed E-state index contributed by atoms with van der Waals surface area (Å²) < 4.78 is 0. The number of nitrogens with two attached hydrogens (primary N) is 1. The van der Waals surface area contributed by atoms with Crippen molar-refractivity contribution in [2.45, 2.75) is 31.7 Å². The summed E-state index contributed by atoms with van der Waals surface area (Å²) in [6.07, 6.45) is 5.39. The van der Waals surface area contributed by atoms with E-state index in [1.165, 1.54) is 25.7 Å². The summed E-state index contributed by atoms with van der Waals surface area (Å²) in [5, 5.41) is 3.96. The van der Waals surface area contributed by atoms with Gasteiger partial charge >= 0.3 is 0 Å². The zero-order valence-corrected chi connectivity index (χ0v) is 9.87. The van der Waals surface area contributed by atoms with Crippen LogP contribution in [0.1, 0.15) is 25.7 Å². The van der Waals surface area contributed by atoms with E-state index in [0.717, 1.165) is 17.7 Å². The Hall–Kier alpha value is -0.960. The predicted octanol–water partition coefficient (Wildman–Crippen LogP) is 2.92. The van der Waals surface area contributed by atoms with Gasteiger partial charge < -0.3 is 11.1 Å². The van der Waals surface area contributed by atoms with Gasteiger partial charge in [0.25, 0.3) is 0 Å². The zero-order chi connectivity index (χ0) is 11.1. The van der Waals surface area contributed by atoms with E-state index in [9.17, 15) is 0 Å². The van der Waals surface area contributed by atoms with Crippen LogP contribution in [-0.2, 0) is 0 Å². The van der Waals surface area contributed by atoms with Crippen molar-refractivity contribution in [2.24, 2.45) is 11.8 Å². The summed E-state index contributed by atoms with van der Waals surface area (Å²) in [5.41, 5.74) is 6.57. The van der Waals surface area contributed by atoms with Crippen LogP contribution in [0.2, 0.25) is 5.15 Å². The normalized spacial score (nSPS) is 31.9. The van der Waals surface area contributed by atoms with Gasteiger partial charge in [0.15, 0.2) is 5.82 Å². The first kappa shape index (κ1) is 10.2. The monoisotopic (exact) mass is 237 g/mol. The van der Waals surface area contributed by atoms with E-state index in [-0.39, 0.29) is 0 Å². The molecule has 2 fully saturated rings. The van der Waals surface area contributed by atoms with E-state index in [1.807, 2.05) is 6.07 Å². The first-order valence-electron chi connectivity index (χ1n) is 5.91. The molecule has 2 aliphatic rings. The lowest BCUT2D eigenvalue weighted by Gasteiger charge is -2.24. The fourth-order valence-electron chi connectivity index (χ4n) is 3.16. The fraction of sp³-hybridized carbons (Fsp3) is 0.583. The van der Waals surface area contributed by atoms with E-state index in [2.05, 4.69) is 10.3 Å². The van der Waals surface area contributed by atoms with Crippen molar-refractivity contribution in [3.8, 4) is 0 Å². The second-order valence-electron chi connectivity index (χ2n) is 5.00. The Balaban J connectivity index is 1.76. The van der Waals surface area contributed by atoms with Crippen LogP contribution in [0.3, 0.4) is 0 Å². The van der Waals surface area contributed by atoms with E-state index in [0.29, 0.717) is 16.9 Å². The molecule has 2 bridgehead atoms. The molecular formula is C12H16ClN3. The number of anilines is 2. The van der Waals surface area contributed by atoms with Gasteiger partial charge in [-0.1, -0.05) is 18.0 Å². The Bertz CT molecular complexity index is 407. The highest BCUT2D eigenvalue weighted by molar-refractivity contribution is 6.29.